The van der Waals surface area contributed by atoms with Gasteiger partial charge in [-0.05, 0) is 30.5 Å². The van der Waals surface area contributed by atoms with E-state index in [-0.39, 0.29) is 0 Å². The Kier molecular flexibility index (Phi) is 5.31. The highest BCUT2D eigenvalue weighted by atomic mass is 35.5. The molecule has 0 spiro atoms. The van der Waals surface area contributed by atoms with Crippen molar-refractivity contribution in [2.45, 2.75) is 39.5 Å². The van der Waals surface area contributed by atoms with Crippen LogP contribution in [0.15, 0.2) is 12.1 Å². The number of hydrogen-bond donors (Lipinski definition) is 1. The average molecular weight is 251 g/mol. The number of nitrogens with two attached hydrogens (primary N) is 1. The fourth-order valence-electron chi connectivity index (χ4n) is 1.92. The summed E-state index contributed by atoms with van der Waals surface area (Å²) >= 11 is 5.80. The van der Waals surface area contributed by atoms with E-state index < -0.39 is 0 Å². The molecule has 17 heavy (non-hydrogen) atoms. The Morgan fingerprint density at radius 2 is 1.94 bits per heavy atom. The van der Waals surface area contributed by atoms with E-state index in [0.717, 1.165) is 11.5 Å². The van der Waals surface area contributed by atoms with E-state index in [1.165, 1.54) is 25.7 Å². The van der Waals surface area contributed by atoms with Gasteiger partial charge in [-0.2, -0.15) is 5.26 Å². The molecule has 92 valence electrons. The molecule has 0 amide bonds. The molecule has 0 aromatic heterocycles. The summed E-state index contributed by atoms with van der Waals surface area (Å²) in [5, 5.41) is 9.01. The first kappa shape index (κ1) is 13.9. The Hall–Kier alpha value is -1.20. The minimum atomic E-state index is 0.451. The van der Waals surface area contributed by atoms with Crippen molar-refractivity contribution in [3.63, 3.8) is 0 Å². The molecule has 0 aliphatic heterocycles. The molecule has 1 fully saturated rings. The molecule has 1 saturated carbocycles. The number of nitrogen functional groups attached to an aromatic ring is 1. The standard InChI is InChI=1S/C8H7ClN2.C6H12/c1-5-7(11)3-2-6(4-10)8(5)9;1-6-4-2-3-5-6/h2-3H,11H2,1H3;6H,2-5H2,1H3. The van der Waals surface area contributed by atoms with Crippen LogP contribution in [0, 0.1) is 24.2 Å². The van der Waals surface area contributed by atoms with Crippen LogP contribution < -0.4 is 5.73 Å². The van der Waals surface area contributed by atoms with Gasteiger partial charge in [-0.25, -0.2) is 0 Å². The van der Waals surface area contributed by atoms with Crippen LogP contribution in [0.25, 0.3) is 0 Å². The van der Waals surface area contributed by atoms with Gasteiger partial charge in [0.05, 0.1) is 10.6 Å². The summed E-state index contributed by atoms with van der Waals surface area (Å²) in [6.45, 7) is 4.13. The maximum atomic E-state index is 8.56. The first-order chi connectivity index (χ1) is 8.06. The molecule has 0 atom stereocenters. The molecule has 1 aliphatic rings. The summed E-state index contributed by atoms with van der Waals surface area (Å²) < 4.78 is 0. The van der Waals surface area contributed by atoms with Gasteiger partial charge in [-0.15, -0.1) is 0 Å². The van der Waals surface area contributed by atoms with Crippen LogP contribution in [0.2, 0.25) is 5.02 Å². The number of halogens is 1. The predicted octanol–water partition coefficient (Wildman–Crippen LogP) is 4.30. The Morgan fingerprint density at radius 3 is 2.35 bits per heavy atom. The Morgan fingerprint density at radius 1 is 1.35 bits per heavy atom. The lowest BCUT2D eigenvalue weighted by Gasteiger charge is -2.02. The summed E-state index contributed by atoms with van der Waals surface area (Å²) in [6.07, 6.45) is 5.95. The Labute approximate surface area is 108 Å². The Bertz CT molecular complexity index is 415. The minimum absolute atomic E-state index is 0.451. The number of nitriles is 1. The van der Waals surface area contributed by atoms with Crippen LogP contribution in [0.5, 0.6) is 0 Å². The molecule has 1 aliphatic carbocycles. The number of benzene rings is 1. The number of hydrogen-bond acceptors (Lipinski definition) is 2. The van der Waals surface area contributed by atoms with Crippen molar-refractivity contribution in [3.8, 4) is 6.07 Å². The summed E-state index contributed by atoms with van der Waals surface area (Å²) in [5.74, 6) is 1.05. The Balaban J connectivity index is 0.000000202. The summed E-state index contributed by atoms with van der Waals surface area (Å²) in [4.78, 5) is 0. The lowest BCUT2D eigenvalue weighted by molar-refractivity contribution is 0.612. The highest BCUT2D eigenvalue weighted by molar-refractivity contribution is 6.32. The molecular weight excluding hydrogens is 232 g/mol. The van der Waals surface area contributed by atoms with E-state index in [1.807, 2.05) is 6.07 Å². The smallest absolute Gasteiger partial charge is 0.101 e. The van der Waals surface area contributed by atoms with Crippen molar-refractivity contribution in [1.29, 1.82) is 5.26 Å². The normalized spacial score (nSPS) is 14.9. The number of rotatable bonds is 0. The molecule has 3 heteroatoms. The van der Waals surface area contributed by atoms with Crippen LogP contribution in [-0.4, -0.2) is 0 Å². The van der Waals surface area contributed by atoms with Gasteiger partial charge in [-0.3, -0.25) is 0 Å². The van der Waals surface area contributed by atoms with Gasteiger partial charge in [0.1, 0.15) is 6.07 Å². The second-order valence-corrected chi connectivity index (χ2v) is 5.02. The maximum absolute atomic E-state index is 8.56. The molecule has 0 bridgehead atoms. The number of nitrogens with zero attached hydrogens (tertiary/aromatic N) is 1. The van der Waals surface area contributed by atoms with Crippen molar-refractivity contribution in [3.05, 3.63) is 28.3 Å². The van der Waals surface area contributed by atoms with Gasteiger partial charge < -0.3 is 5.73 Å². The highest BCUT2D eigenvalue weighted by Crippen LogP contribution is 2.24. The highest BCUT2D eigenvalue weighted by Gasteiger charge is 2.07. The van der Waals surface area contributed by atoms with E-state index in [0.29, 0.717) is 16.3 Å². The van der Waals surface area contributed by atoms with Gasteiger partial charge in [-0.1, -0.05) is 44.2 Å². The van der Waals surface area contributed by atoms with Gasteiger partial charge in [0, 0.05) is 5.69 Å². The zero-order valence-electron chi connectivity index (χ0n) is 10.5. The van der Waals surface area contributed by atoms with Crippen molar-refractivity contribution in [1.82, 2.24) is 0 Å². The van der Waals surface area contributed by atoms with Crippen LogP contribution in [0.4, 0.5) is 5.69 Å². The summed E-state index contributed by atoms with van der Waals surface area (Å²) in [5.41, 5.74) is 7.41. The van der Waals surface area contributed by atoms with E-state index >= 15 is 0 Å². The zero-order valence-corrected chi connectivity index (χ0v) is 11.2. The van der Waals surface area contributed by atoms with Gasteiger partial charge in [0.15, 0.2) is 0 Å². The van der Waals surface area contributed by atoms with Crippen molar-refractivity contribution >= 4 is 17.3 Å². The molecule has 0 unspecified atom stereocenters. The van der Waals surface area contributed by atoms with Gasteiger partial charge in [0.25, 0.3) is 0 Å². The van der Waals surface area contributed by atoms with Gasteiger partial charge in [0.2, 0.25) is 0 Å². The lowest BCUT2D eigenvalue weighted by Crippen LogP contribution is -1.91. The van der Waals surface area contributed by atoms with E-state index in [9.17, 15) is 0 Å². The van der Waals surface area contributed by atoms with Crippen molar-refractivity contribution in [2.75, 3.05) is 5.73 Å². The van der Waals surface area contributed by atoms with Gasteiger partial charge >= 0.3 is 0 Å². The van der Waals surface area contributed by atoms with Crippen molar-refractivity contribution in [2.24, 2.45) is 5.92 Å². The van der Waals surface area contributed by atoms with Crippen LogP contribution >= 0.6 is 11.6 Å². The lowest BCUT2D eigenvalue weighted by atomic mass is 10.1. The third-order valence-electron chi connectivity index (χ3n) is 3.19. The SMILES string of the molecule is CC1CCCC1.Cc1c(N)ccc(C#N)c1Cl. The molecule has 1 aromatic rings. The molecule has 0 saturated heterocycles. The molecule has 2 N–H and O–H groups in total. The second-order valence-electron chi connectivity index (χ2n) is 4.64. The second kappa shape index (κ2) is 6.51. The van der Waals surface area contributed by atoms with E-state index in [2.05, 4.69) is 6.92 Å². The molecule has 2 rings (SSSR count). The largest absolute Gasteiger partial charge is 0.398 e. The zero-order chi connectivity index (χ0) is 12.8. The van der Waals surface area contributed by atoms with Crippen LogP contribution in [-0.2, 0) is 0 Å². The fourth-order valence-corrected chi connectivity index (χ4v) is 2.13. The topological polar surface area (TPSA) is 49.8 Å². The average Bonchev–Trinajstić information content (AvgIpc) is 2.78. The molecule has 0 heterocycles. The van der Waals surface area contributed by atoms with Crippen molar-refractivity contribution < 1.29 is 0 Å². The minimum Gasteiger partial charge on any atom is -0.398 e. The molecule has 2 nitrogen and oxygen atoms in total. The van der Waals surface area contributed by atoms with Crippen LogP contribution in [0.1, 0.15) is 43.7 Å². The first-order valence-electron chi connectivity index (χ1n) is 6.01. The molecular formula is C14H19ClN2. The summed E-state index contributed by atoms with van der Waals surface area (Å²) in [7, 11) is 0. The fraction of sp³-hybridized carbons (Fsp3) is 0.500. The molecule has 0 radical (unpaired) electrons. The molecule has 1 aromatic carbocycles. The van der Waals surface area contributed by atoms with Crippen LogP contribution in [0.3, 0.4) is 0 Å². The van der Waals surface area contributed by atoms with E-state index in [4.69, 9.17) is 22.6 Å². The summed E-state index contributed by atoms with van der Waals surface area (Å²) in [6, 6.07) is 5.27. The predicted molar refractivity (Wildman–Crippen MR) is 72.9 cm³/mol. The number of anilines is 1. The monoisotopic (exact) mass is 250 g/mol. The first-order valence-corrected chi connectivity index (χ1v) is 6.38. The third-order valence-corrected chi connectivity index (χ3v) is 3.68. The quantitative estimate of drug-likeness (QED) is 0.698. The maximum Gasteiger partial charge on any atom is 0.101 e. The van der Waals surface area contributed by atoms with E-state index in [1.54, 1.807) is 19.1 Å². The third kappa shape index (κ3) is 3.94.